The molecule has 3 unspecified atom stereocenters. The van der Waals surface area contributed by atoms with Crippen molar-refractivity contribution in [1.82, 2.24) is 0 Å². The fraction of sp³-hybridized carbons (Fsp3) is 0.905. The van der Waals surface area contributed by atoms with Crippen LogP contribution < -0.4 is 0 Å². The molecule has 0 nitrogen and oxygen atoms in total. The fourth-order valence-corrected chi connectivity index (χ4v) is 3.62. The second-order valence-corrected chi connectivity index (χ2v) is 8.08. The molecule has 21 heavy (non-hydrogen) atoms. The van der Waals surface area contributed by atoms with E-state index in [4.69, 9.17) is 0 Å². The molecule has 0 aromatic heterocycles. The molecule has 0 saturated heterocycles. The van der Waals surface area contributed by atoms with Crippen LogP contribution in [0.5, 0.6) is 0 Å². The van der Waals surface area contributed by atoms with Crippen molar-refractivity contribution in [2.24, 2.45) is 23.2 Å². The number of allylic oxidation sites excluding steroid dienone is 2. The lowest BCUT2D eigenvalue weighted by molar-refractivity contribution is 0.199. The van der Waals surface area contributed by atoms with Gasteiger partial charge in [-0.1, -0.05) is 85.8 Å². The zero-order valence-electron chi connectivity index (χ0n) is 16.3. The van der Waals surface area contributed by atoms with E-state index in [1.165, 1.54) is 44.9 Å². The van der Waals surface area contributed by atoms with E-state index >= 15 is 0 Å². The molecule has 0 bridgehead atoms. The Morgan fingerprint density at radius 1 is 1.00 bits per heavy atom. The van der Waals surface area contributed by atoms with E-state index in [0.717, 1.165) is 11.8 Å². The first-order valence-corrected chi connectivity index (χ1v) is 9.43. The highest BCUT2D eigenvalue weighted by Crippen LogP contribution is 2.40. The Morgan fingerprint density at radius 2 is 1.62 bits per heavy atom. The lowest BCUT2D eigenvalue weighted by atomic mass is 9.69. The molecule has 0 N–H and O–H groups in total. The van der Waals surface area contributed by atoms with Crippen LogP contribution in [0.3, 0.4) is 0 Å². The van der Waals surface area contributed by atoms with E-state index in [0.29, 0.717) is 11.3 Å². The number of rotatable bonds is 11. The van der Waals surface area contributed by atoms with Gasteiger partial charge in [-0.05, 0) is 49.4 Å². The van der Waals surface area contributed by atoms with E-state index < -0.39 is 0 Å². The SMILES string of the molecule is CC=C(CCCC(C)CCC)C(C)C(C)(C)CC(C)CC. The highest BCUT2D eigenvalue weighted by atomic mass is 14.3. The topological polar surface area (TPSA) is 0 Å². The van der Waals surface area contributed by atoms with Gasteiger partial charge in [0.15, 0.2) is 0 Å². The van der Waals surface area contributed by atoms with Crippen molar-refractivity contribution in [2.45, 2.75) is 100 Å². The zero-order chi connectivity index (χ0) is 16.5. The summed E-state index contributed by atoms with van der Waals surface area (Å²) in [7, 11) is 0. The minimum Gasteiger partial charge on any atom is -0.0882 e. The number of hydrogen-bond donors (Lipinski definition) is 0. The molecule has 0 heteroatoms. The molecule has 0 aromatic carbocycles. The molecule has 0 fully saturated rings. The van der Waals surface area contributed by atoms with Gasteiger partial charge in [0.05, 0.1) is 0 Å². The Hall–Kier alpha value is -0.260. The van der Waals surface area contributed by atoms with Crippen molar-refractivity contribution in [2.75, 3.05) is 0 Å². The van der Waals surface area contributed by atoms with E-state index in [1.54, 1.807) is 5.57 Å². The fourth-order valence-electron chi connectivity index (χ4n) is 3.62. The summed E-state index contributed by atoms with van der Waals surface area (Å²) in [6.45, 7) is 19.0. The van der Waals surface area contributed by atoms with E-state index in [2.05, 4.69) is 61.5 Å². The summed E-state index contributed by atoms with van der Waals surface area (Å²) in [5.41, 5.74) is 2.11. The van der Waals surface area contributed by atoms with Gasteiger partial charge in [0.1, 0.15) is 0 Å². The number of hydrogen-bond acceptors (Lipinski definition) is 0. The van der Waals surface area contributed by atoms with Crippen molar-refractivity contribution < 1.29 is 0 Å². The molecule has 0 aromatic rings. The largest absolute Gasteiger partial charge is 0.0882 e. The maximum Gasteiger partial charge on any atom is -0.0180 e. The third kappa shape index (κ3) is 8.07. The van der Waals surface area contributed by atoms with Gasteiger partial charge in [-0.3, -0.25) is 0 Å². The lowest BCUT2D eigenvalue weighted by Gasteiger charge is -2.36. The van der Waals surface area contributed by atoms with E-state index in [-0.39, 0.29) is 0 Å². The standard InChI is InChI=1S/C21H42/c1-9-13-18(5)14-12-15-20(11-3)19(6)21(7,8)16-17(4)10-2/h11,17-19H,9-10,12-16H2,1-8H3. The molecule has 3 atom stereocenters. The second kappa shape index (κ2) is 10.5. The molecule has 0 aliphatic rings. The summed E-state index contributed by atoms with van der Waals surface area (Å²) in [4.78, 5) is 0. The first kappa shape index (κ1) is 20.7. The molecular weight excluding hydrogens is 252 g/mol. The predicted molar refractivity (Wildman–Crippen MR) is 98.7 cm³/mol. The van der Waals surface area contributed by atoms with Crippen LogP contribution in [-0.4, -0.2) is 0 Å². The van der Waals surface area contributed by atoms with Gasteiger partial charge in [-0.15, -0.1) is 0 Å². The summed E-state index contributed by atoms with van der Waals surface area (Å²) in [5.74, 6) is 2.44. The van der Waals surface area contributed by atoms with Crippen LogP contribution in [-0.2, 0) is 0 Å². The third-order valence-electron chi connectivity index (χ3n) is 5.61. The maximum atomic E-state index is 2.47. The molecular formula is C21H42. The van der Waals surface area contributed by atoms with Crippen molar-refractivity contribution in [3.63, 3.8) is 0 Å². The minimum atomic E-state index is 0.423. The average Bonchev–Trinajstić information content (AvgIpc) is 2.42. The third-order valence-corrected chi connectivity index (χ3v) is 5.61. The van der Waals surface area contributed by atoms with Crippen LogP contribution in [0.15, 0.2) is 11.6 Å². The smallest absolute Gasteiger partial charge is 0.0180 e. The van der Waals surface area contributed by atoms with Crippen LogP contribution in [0.2, 0.25) is 0 Å². The summed E-state index contributed by atoms with van der Waals surface area (Å²) in [6, 6.07) is 0. The molecule has 0 amide bonds. The predicted octanol–water partition coefficient (Wildman–Crippen LogP) is 7.64. The zero-order valence-corrected chi connectivity index (χ0v) is 16.3. The average molecular weight is 295 g/mol. The maximum absolute atomic E-state index is 2.47. The summed E-state index contributed by atoms with van der Waals surface area (Å²) in [5, 5.41) is 0. The Kier molecular flexibility index (Phi) is 10.3. The van der Waals surface area contributed by atoms with Gasteiger partial charge in [0.25, 0.3) is 0 Å². The summed E-state index contributed by atoms with van der Waals surface area (Å²) < 4.78 is 0. The Morgan fingerprint density at radius 3 is 2.10 bits per heavy atom. The molecule has 126 valence electrons. The van der Waals surface area contributed by atoms with Crippen LogP contribution in [0, 0.1) is 23.2 Å². The molecule has 0 saturated carbocycles. The Balaban J connectivity index is 4.45. The molecule has 0 aliphatic heterocycles. The monoisotopic (exact) mass is 294 g/mol. The molecule has 0 radical (unpaired) electrons. The van der Waals surface area contributed by atoms with Gasteiger partial charge < -0.3 is 0 Å². The Bertz CT molecular complexity index is 284. The molecule has 0 spiro atoms. The Labute approximate surface area is 135 Å². The molecule has 0 rings (SSSR count). The van der Waals surface area contributed by atoms with Crippen LogP contribution >= 0.6 is 0 Å². The lowest BCUT2D eigenvalue weighted by Crippen LogP contribution is -2.26. The van der Waals surface area contributed by atoms with E-state index in [1.807, 2.05) is 0 Å². The van der Waals surface area contributed by atoms with Crippen molar-refractivity contribution >= 4 is 0 Å². The van der Waals surface area contributed by atoms with Crippen molar-refractivity contribution in [1.29, 1.82) is 0 Å². The molecule has 0 aliphatic carbocycles. The summed E-state index contributed by atoms with van der Waals surface area (Å²) in [6.07, 6.45) is 11.8. The van der Waals surface area contributed by atoms with Gasteiger partial charge in [0, 0.05) is 0 Å². The summed E-state index contributed by atoms with van der Waals surface area (Å²) >= 11 is 0. The van der Waals surface area contributed by atoms with E-state index in [9.17, 15) is 0 Å². The first-order valence-electron chi connectivity index (χ1n) is 9.43. The van der Waals surface area contributed by atoms with Crippen LogP contribution in [0.25, 0.3) is 0 Å². The first-order chi connectivity index (χ1) is 9.78. The highest BCUT2D eigenvalue weighted by Gasteiger charge is 2.29. The van der Waals surface area contributed by atoms with Crippen LogP contribution in [0.4, 0.5) is 0 Å². The minimum absolute atomic E-state index is 0.423. The van der Waals surface area contributed by atoms with Gasteiger partial charge in [-0.2, -0.15) is 0 Å². The second-order valence-electron chi connectivity index (χ2n) is 8.08. The van der Waals surface area contributed by atoms with Crippen molar-refractivity contribution in [3.8, 4) is 0 Å². The normalized spacial score (nSPS) is 17.6. The van der Waals surface area contributed by atoms with Crippen molar-refractivity contribution in [3.05, 3.63) is 11.6 Å². The molecule has 0 heterocycles. The highest BCUT2D eigenvalue weighted by molar-refractivity contribution is 5.08. The van der Waals surface area contributed by atoms with Gasteiger partial charge >= 0.3 is 0 Å². The van der Waals surface area contributed by atoms with Gasteiger partial charge in [-0.25, -0.2) is 0 Å². The van der Waals surface area contributed by atoms with Crippen LogP contribution in [0.1, 0.15) is 100 Å². The quantitative estimate of drug-likeness (QED) is 0.343. The van der Waals surface area contributed by atoms with Gasteiger partial charge in [0.2, 0.25) is 0 Å².